The first kappa shape index (κ1) is 14.8. The Labute approximate surface area is 142 Å². The first-order chi connectivity index (χ1) is 11.7. The molecule has 0 spiro atoms. The fourth-order valence-electron chi connectivity index (χ4n) is 2.59. The lowest BCUT2D eigenvalue weighted by atomic mass is 10.1. The lowest BCUT2D eigenvalue weighted by Crippen LogP contribution is -2.01. The Kier molecular flexibility index (Phi) is 3.74. The number of nitrogens with one attached hydrogen (secondary N) is 1. The van der Waals surface area contributed by atoms with Crippen LogP contribution >= 0.6 is 11.3 Å². The van der Waals surface area contributed by atoms with Crippen molar-refractivity contribution in [1.82, 2.24) is 14.6 Å². The number of fused-ring (bicyclic) bond motifs is 1. The van der Waals surface area contributed by atoms with E-state index in [0.717, 1.165) is 21.3 Å². The van der Waals surface area contributed by atoms with Gasteiger partial charge in [-0.05, 0) is 30.2 Å². The SMILES string of the molecule is Cc1ccccc1CNc1nn2c(-c3cccc(F)c3)cnc2s1. The van der Waals surface area contributed by atoms with E-state index in [2.05, 4.69) is 34.5 Å². The van der Waals surface area contributed by atoms with Crippen LogP contribution in [-0.4, -0.2) is 14.6 Å². The van der Waals surface area contributed by atoms with Gasteiger partial charge in [-0.25, -0.2) is 13.9 Å². The Morgan fingerprint density at radius 3 is 2.88 bits per heavy atom. The molecule has 4 aromatic rings. The first-order valence-electron chi connectivity index (χ1n) is 7.59. The number of aromatic nitrogens is 3. The molecule has 1 N–H and O–H groups in total. The summed E-state index contributed by atoms with van der Waals surface area (Å²) in [4.78, 5) is 5.15. The summed E-state index contributed by atoms with van der Waals surface area (Å²) in [6.45, 7) is 2.80. The molecule has 6 heteroatoms. The number of aryl methyl sites for hydroxylation is 1. The topological polar surface area (TPSA) is 42.2 Å². The zero-order valence-electron chi connectivity index (χ0n) is 13.0. The summed E-state index contributed by atoms with van der Waals surface area (Å²) < 4.78 is 15.2. The summed E-state index contributed by atoms with van der Waals surface area (Å²) in [5, 5.41) is 8.69. The van der Waals surface area contributed by atoms with E-state index in [0.29, 0.717) is 6.54 Å². The number of imidazole rings is 1. The zero-order valence-corrected chi connectivity index (χ0v) is 13.8. The van der Waals surface area contributed by atoms with Crippen molar-refractivity contribution in [3.63, 3.8) is 0 Å². The third-order valence-electron chi connectivity index (χ3n) is 3.90. The van der Waals surface area contributed by atoms with Crippen molar-refractivity contribution in [2.24, 2.45) is 0 Å². The minimum Gasteiger partial charge on any atom is -0.356 e. The third kappa shape index (κ3) is 2.76. The van der Waals surface area contributed by atoms with E-state index in [1.165, 1.54) is 34.6 Å². The lowest BCUT2D eigenvalue weighted by Gasteiger charge is -2.05. The molecule has 24 heavy (non-hydrogen) atoms. The van der Waals surface area contributed by atoms with Gasteiger partial charge in [0.2, 0.25) is 10.1 Å². The molecule has 120 valence electrons. The van der Waals surface area contributed by atoms with Gasteiger partial charge in [0.05, 0.1) is 11.9 Å². The molecular formula is C18H15FN4S. The summed E-state index contributed by atoms with van der Waals surface area (Å²) in [5.74, 6) is -0.268. The van der Waals surface area contributed by atoms with Gasteiger partial charge < -0.3 is 5.32 Å². The van der Waals surface area contributed by atoms with Crippen molar-refractivity contribution >= 4 is 21.4 Å². The fraction of sp³-hybridized carbons (Fsp3) is 0.111. The molecule has 2 aromatic heterocycles. The Hall–Kier alpha value is -2.73. The van der Waals surface area contributed by atoms with E-state index in [1.54, 1.807) is 16.8 Å². The molecule has 0 aliphatic heterocycles. The fourth-order valence-corrected chi connectivity index (χ4v) is 3.36. The molecule has 0 radical (unpaired) electrons. The van der Waals surface area contributed by atoms with Gasteiger partial charge in [-0.3, -0.25) is 0 Å². The summed E-state index contributed by atoms with van der Waals surface area (Å²) >= 11 is 1.48. The second kappa shape index (κ2) is 6.05. The zero-order chi connectivity index (χ0) is 16.5. The number of anilines is 1. The molecule has 0 bridgehead atoms. The number of hydrogen-bond acceptors (Lipinski definition) is 4. The van der Waals surface area contributed by atoms with E-state index in [1.807, 2.05) is 18.2 Å². The maximum absolute atomic E-state index is 13.5. The molecule has 0 aliphatic carbocycles. The van der Waals surface area contributed by atoms with Crippen LogP contribution in [0.1, 0.15) is 11.1 Å². The first-order valence-corrected chi connectivity index (χ1v) is 8.41. The molecule has 0 aliphatic rings. The van der Waals surface area contributed by atoms with Crippen LogP contribution in [0.25, 0.3) is 16.2 Å². The molecule has 4 rings (SSSR count). The Bertz CT molecular complexity index is 1010. The largest absolute Gasteiger partial charge is 0.356 e. The highest BCUT2D eigenvalue weighted by molar-refractivity contribution is 7.20. The second-order valence-corrected chi connectivity index (χ2v) is 6.49. The average molecular weight is 338 g/mol. The van der Waals surface area contributed by atoms with E-state index < -0.39 is 0 Å². The summed E-state index contributed by atoms with van der Waals surface area (Å²) in [6.07, 6.45) is 1.72. The van der Waals surface area contributed by atoms with Crippen LogP contribution in [0, 0.1) is 12.7 Å². The molecule has 0 amide bonds. The van der Waals surface area contributed by atoms with Gasteiger partial charge in [-0.1, -0.05) is 47.7 Å². The smallest absolute Gasteiger partial charge is 0.214 e. The van der Waals surface area contributed by atoms with E-state index >= 15 is 0 Å². The quantitative estimate of drug-likeness (QED) is 0.595. The minimum atomic E-state index is -0.268. The van der Waals surface area contributed by atoms with Gasteiger partial charge in [-0.15, -0.1) is 5.10 Å². The predicted octanol–water partition coefficient (Wildman–Crippen LogP) is 4.52. The van der Waals surface area contributed by atoms with Crippen LogP contribution in [0.2, 0.25) is 0 Å². The number of halogens is 1. The monoisotopic (exact) mass is 338 g/mol. The van der Waals surface area contributed by atoms with Gasteiger partial charge in [0.1, 0.15) is 5.82 Å². The molecule has 4 nitrogen and oxygen atoms in total. The normalized spacial score (nSPS) is 11.1. The minimum absolute atomic E-state index is 0.268. The van der Waals surface area contributed by atoms with Crippen molar-refractivity contribution in [1.29, 1.82) is 0 Å². The van der Waals surface area contributed by atoms with Gasteiger partial charge in [0, 0.05) is 12.1 Å². The van der Waals surface area contributed by atoms with Crippen LogP contribution in [-0.2, 0) is 6.54 Å². The predicted molar refractivity (Wildman–Crippen MR) is 94.8 cm³/mol. The van der Waals surface area contributed by atoms with Crippen molar-refractivity contribution in [3.8, 4) is 11.3 Å². The van der Waals surface area contributed by atoms with Crippen molar-refractivity contribution < 1.29 is 4.39 Å². The third-order valence-corrected chi connectivity index (χ3v) is 4.78. The molecule has 2 aromatic carbocycles. The van der Waals surface area contributed by atoms with E-state index in [4.69, 9.17) is 0 Å². The Morgan fingerprint density at radius 2 is 2.04 bits per heavy atom. The Balaban J connectivity index is 1.61. The van der Waals surface area contributed by atoms with Crippen LogP contribution < -0.4 is 5.32 Å². The highest BCUT2D eigenvalue weighted by Crippen LogP contribution is 2.26. The van der Waals surface area contributed by atoms with Crippen molar-refractivity contribution in [2.75, 3.05) is 5.32 Å². The van der Waals surface area contributed by atoms with Gasteiger partial charge in [0.15, 0.2) is 0 Å². The molecule has 0 saturated heterocycles. The van der Waals surface area contributed by atoms with Gasteiger partial charge in [-0.2, -0.15) is 0 Å². The summed E-state index contributed by atoms with van der Waals surface area (Å²) in [6, 6.07) is 14.7. The molecule has 2 heterocycles. The van der Waals surface area contributed by atoms with Crippen molar-refractivity contribution in [3.05, 3.63) is 71.7 Å². The maximum Gasteiger partial charge on any atom is 0.214 e. The molecule has 0 saturated carbocycles. The van der Waals surface area contributed by atoms with Gasteiger partial charge >= 0.3 is 0 Å². The van der Waals surface area contributed by atoms with Crippen LogP contribution in [0.5, 0.6) is 0 Å². The van der Waals surface area contributed by atoms with Crippen LogP contribution in [0.4, 0.5) is 9.52 Å². The Morgan fingerprint density at radius 1 is 1.17 bits per heavy atom. The summed E-state index contributed by atoms with van der Waals surface area (Å²) in [7, 11) is 0. The average Bonchev–Trinajstić information content (AvgIpc) is 3.14. The summed E-state index contributed by atoms with van der Waals surface area (Å²) in [5.41, 5.74) is 4.02. The van der Waals surface area contributed by atoms with Crippen LogP contribution in [0.3, 0.4) is 0 Å². The standard InChI is InChI=1S/C18H15FN4S/c1-12-5-2-3-6-14(12)10-20-17-22-23-16(11-21-18(23)24-17)13-7-4-8-15(19)9-13/h2-9,11H,10H2,1H3,(H,20,22). The van der Waals surface area contributed by atoms with Crippen LogP contribution in [0.15, 0.2) is 54.7 Å². The number of rotatable bonds is 4. The number of hydrogen-bond donors (Lipinski definition) is 1. The molecule has 0 unspecified atom stereocenters. The highest BCUT2D eigenvalue weighted by atomic mass is 32.1. The number of benzene rings is 2. The van der Waals surface area contributed by atoms with Crippen molar-refractivity contribution in [2.45, 2.75) is 13.5 Å². The van der Waals surface area contributed by atoms with Gasteiger partial charge in [0.25, 0.3) is 0 Å². The molecule has 0 fully saturated rings. The lowest BCUT2D eigenvalue weighted by molar-refractivity contribution is 0.628. The maximum atomic E-state index is 13.5. The second-order valence-electron chi connectivity index (χ2n) is 5.54. The van der Waals surface area contributed by atoms with E-state index in [9.17, 15) is 4.39 Å². The molecule has 0 atom stereocenters. The van der Waals surface area contributed by atoms with E-state index in [-0.39, 0.29) is 5.82 Å². The number of nitrogens with zero attached hydrogens (tertiary/aromatic N) is 3. The highest BCUT2D eigenvalue weighted by Gasteiger charge is 2.12. The molecular weight excluding hydrogens is 323 g/mol.